The molecule has 108 valence electrons. The van der Waals surface area contributed by atoms with E-state index in [0.29, 0.717) is 16.3 Å². The van der Waals surface area contributed by atoms with Gasteiger partial charge in [0.2, 0.25) is 0 Å². The highest BCUT2D eigenvalue weighted by molar-refractivity contribution is 7.19. The molecule has 1 heterocycles. The largest absolute Gasteiger partial charge is 0.486 e. The van der Waals surface area contributed by atoms with Crippen molar-refractivity contribution >= 4 is 28.0 Å². The molecule has 0 radical (unpaired) electrons. The van der Waals surface area contributed by atoms with Crippen LogP contribution in [0.2, 0.25) is 0 Å². The highest BCUT2D eigenvalue weighted by Gasteiger charge is 2.25. The van der Waals surface area contributed by atoms with Crippen LogP contribution in [-0.2, 0) is 4.74 Å². The first-order valence-corrected chi connectivity index (χ1v) is 7.19. The first kappa shape index (κ1) is 15.6. The third-order valence-corrected chi connectivity index (χ3v) is 3.88. The minimum absolute atomic E-state index is 0.00305. The predicted molar refractivity (Wildman–Crippen MR) is 79.4 cm³/mol. The van der Waals surface area contributed by atoms with Crippen molar-refractivity contribution < 1.29 is 14.3 Å². The minimum Gasteiger partial charge on any atom is -0.486 e. The number of nitrogens with zero attached hydrogens (tertiary/aromatic N) is 1. The maximum Gasteiger partial charge on any atom is 0.350 e. The van der Waals surface area contributed by atoms with Gasteiger partial charge in [0.1, 0.15) is 15.6 Å². The van der Waals surface area contributed by atoms with Gasteiger partial charge in [0.25, 0.3) is 0 Å². The summed E-state index contributed by atoms with van der Waals surface area (Å²) in [4.78, 5) is 14.2. The lowest BCUT2D eigenvalue weighted by Crippen LogP contribution is -2.22. The summed E-state index contributed by atoms with van der Waals surface area (Å²) in [6.07, 6.45) is -0.00305. The second-order valence-corrected chi connectivity index (χ2v) is 5.31. The summed E-state index contributed by atoms with van der Waals surface area (Å²) in [5.41, 5.74) is 6.40. The van der Waals surface area contributed by atoms with Crippen LogP contribution in [-0.4, -0.2) is 32.3 Å². The number of rotatable bonds is 6. The van der Waals surface area contributed by atoms with Crippen LogP contribution in [0, 0.1) is 0 Å². The quantitative estimate of drug-likeness (QED) is 0.815. The van der Waals surface area contributed by atoms with Crippen LogP contribution in [0.4, 0.5) is 10.7 Å². The van der Waals surface area contributed by atoms with Gasteiger partial charge >= 0.3 is 5.97 Å². The number of carbonyl (C=O) groups excluding carboxylic acids is 1. The number of esters is 1. The van der Waals surface area contributed by atoms with E-state index in [0.717, 1.165) is 18.1 Å². The molecule has 0 amide bonds. The Morgan fingerprint density at radius 3 is 2.37 bits per heavy atom. The Balaban J connectivity index is 3.30. The fraction of sp³-hybridized carbons (Fsp3) is 0.615. The fourth-order valence-electron chi connectivity index (χ4n) is 1.73. The van der Waals surface area contributed by atoms with Crippen LogP contribution in [0.3, 0.4) is 0 Å². The first-order valence-electron chi connectivity index (χ1n) is 6.38. The van der Waals surface area contributed by atoms with Crippen molar-refractivity contribution in [1.29, 1.82) is 0 Å². The second-order valence-electron chi connectivity index (χ2n) is 4.31. The third-order valence-electron chi connectivity index (χ3n) is 2.66. The van der Waals surface area contributed by atoms with Gasteiger partial charge in [-0.2, -0.15) is 0 Å². The number of carbonyl (C=O) groups is 1. The lowest BCUT2D eigenvalue weighted by atomic mass is 10.3. The summed E-state index contributed by atoms with van der Waals surface area (Å²) in [6, 6.07) is 0. The molecule has 1 rings (SSSR count). The van der Waals surface area contributed by atoms with Crippen LogP contribution < -0.4 is 15.4 Å². The molecule has 0 saturated heterocycles. The summed E-state index contributed by atoms with van der Waals surface area (Å²) in [7, 11) is 1.35. The van der Waals surface area contributed by atoms with Gasteiger partial charge in [0.05, 0.1) is 13.2 Å². The number of thiophene rings is 1. The molecule has 1 aromatic rings. The van der Waals surface area contributed by atoms with E-state index < -0.39 is 5.97 Å². The topological polar surface area (TPSA) is 64.8 Å². The van der Waals surface area contributed by atoms with Crippen molar-refractivity contribution in [3.8, 4) is 5.75 Å². The molecule has 0 unspecified atom stereocenters. The smallest absolute Gasteiger partial charge is 0.350 e. The fourth-order valence-corrected chi connectivity index (χ4v) is 2.93. The van der Waals surface area contributed by atoms with E-state index >= 15 is 0 Å². The Kier molecular flexibility index (Phi) is 5.47. The van der Waals surface area contributed by atoms with Crippen LogP contribution in [0.1, 0.15) is 37.4 Å². The zero-order valence-electron chi connectivity index (χ0n) is 12.1. The number of hydrogen-bond acceptors (Lipinski definition) is 6. The monoisotopic (exact) mass is 286 g/mol. The van der Waals surface area contributed by atoms with Gasteiger partial charge in [0.15, 0.2) is 5.75 Å². The number of ether oxygens (including phenoxy) is 2. The molecule has 0 spiro atoms. The molecule has 19 heavy (non-hydrogen) atoms. The Hall–Kier alpha value is -1.43. The van der Waals surface area contributed by atoms with Crippen molar-refractivity contribution in [2.45, 2.75) is 33.8 Å². The van der Waals surface area contributed by atoms with E-state index in [1.165, 1.54) is 18.4 Å². The summed E-state index contributed by atoms with van der Waals surface area (Å²) in [5.74, 6) is 0.165. The molecule has 0 aliphatic rings. The lowest BCUT2D eigenvalue weighted by Gasteiger charge is -2.21. The molecular formula is C13H22N2O3S. The normalized spacial score (nSPS) is 10.6. The molecule has 2 N–H and O–H groups in total. The second kappa shape index (κ2) is 6.65. The van der Waals surface area contributed by atoms with Crippen molar-refractivity contribution in [2.75, 3.05) is 30.8 Å². The van der Waals surface area contributed by atoms with E-state index in [1.54, 1.807) is 0 Å². The van der Waals surface area contributed by atoms with Crippen LogP contribution >= 0.6 is 11.3 Å². The Bertz CT molecular complexity index is 439. The molecular weight excluding hydrogens is 264 g/mol. The van der Waals surface area contributed by atoms with Crippen LogP contribution in [0.15, 0.2) is 0 Å². The average Bonchev–Trinajstić information content (AvgIpc) is 2.68. The zero-order chi connectivity index (χ0) is 14.6. The van der Waals surface area contributed by atoms with E-state index in [9.17, 15) is 4.79 Å². The molecule has 0 aromatic carbocycles. The Morgan fingerprint density at radius 2 is 1.95 bits per heavy atom. The molecule has 1 aromatic heterocycles. The average molecular weight is 286 g/mol. The minimum atomic E-state index is -0.422. The maximum atomic E-state index is 11.7. The van der Waals surface area contributed by atoms with E-state index in [2.05, 4.69) is 18.7 Å². The molecule has 0 aliphatic heterocycles. The van der Waals surface area contributed by atoms with Crippen LogP contribution in [0.25, 0.3) is 0 Å². The Morgan fingerprint density at radius 1 is 1.37 bits per heavy atom. The van der Waals surface area contributed by atoms with Gasteiger partial charge in [0, 0.05) is 13.1 Å². The van der Waals surface area contributed by atoms with Gasteiger partial charge in [-0.15, -0.1) is 11.3 Å². The molecule has 0 aliphatic carbocycles. The SMILES string of the molecule is CCN(CC)c1sc(C(=O)OC)c(N)c1OC(C)C. The standard InChI is InChI=1S/C13H22N2O3S/c1-6-15(7-2)12-10(18-8(3)4)9(14)11(19-12)13(16)17-5/h8H,6-7,14H2,1-5H3. The number of nitrogens with two attached hydrogens (primary N) is 1. The number of nitrogen functional groups attached to an aromatic ring is 1. The van der Waals surface area contributed by atoms with Gasteiger partial charge in [-0.1, -0.05) is 0 Å². The van der Waals surface area contributed by atoms with Crippen molar-refractivity contribution in [1.82, 2.24) is 0 Å². The first-order chi connectivity index (χ1) is 8.96. The number of anilines is 2. The van der Waals surface area contributed by atoms with Gasteiger partial charge in [-0.05, 0) is 27.7 Å². The molecule has 0 saturated carbocycles. The number of methoxy groups -OCH3 is 1. The van der Waals surface area contributed by atoms with E-state index in [-0.39, 0.29) is 6.10 Å². The molecule has 0 fully saturated rings. The van der Waals surface area contributed by atoms with Gasteiger partial charge in [-0.25, -0.2) is 4.79 Å². The maximum absolute atomic E-state index is 11.7. The lowest BCUT2D eigenvalue weighted by molar-refractivity contribution is 0.0607. The third kappa shape index (κ3) is 3.32. The van der Waals surface area contributed by atoms with Gasteiger partial charge < -0.3 is 20.1 Å². The Labute approximate surface area is 118 Å². The van der Waals surface area contributed by atoms with Crippen molar-refractivity contribution in [3.63, 3.8) is 0 Å². The molecule has 6 heteroatoms. The molecule has 5 nitrogen and oxygen atoms in total. The molecule has 0 bridgehead atoms. The zero-order valence-corrected chi connectivity index (χ0v) is 13.0. The van der Waals surface area contributed by atoms with Crippen molar-refractivity contribution in [3.05, 3.63) is 4.88 Å². The summed E-state index contributed by atoms with van der Waals surface area (Å²) in [5, 5.41) is 0.886. The predicted octanol–water partition coefficient (Wildman–Crippen LogP) is 2.75. The molecule has 0 atom stereocenters. The van der Waals surface area contributed by atoms with Gasteiger partial charge in [-0.3, -0.25) is 0 Å². The van der Waals surface area contributed by atoms with Crippen molar-refractivity contribution in [2.24, 2.45) is 0 Å². The highest BCUT2D eigenvalue weighted by atomic mass is 32.1. The van der Waals surface area contributed by atoms with Crippen LogP contribution in [0.5, 0.6) is 5.75 Å². The van der Waals surface area contributed by atoms with E-state index in [4.69, 9.17) is 15.2 Å². The summed E-state index contributed by atoms with van der Waals surface area (Å²) >= 11 is 1.32. The number of hydrogen-bond donors (Lipinski definition) is 1. The summed E-state index contributed by atoms with van der Waals surface area (Å²) in [6.45, 7) is 9.62. The van der Waals surface area contributed by atoms with E-state index in [1.807, 2.05) is 13.8 Å². The highest BCUT2D eigenvalue weighted by Crippen LogP contribution is 2.45. The summed E-state index contributed by atoms with van der Waals surface area (Å²) < 4.78 is 10.5.